The average molecular weight is 655 g/mol. The number of morpholine rings is 1. The Kier molecular flexibility index (Phi) is 11.7. The number of hydrogen-bond donors (Lipinski definition) is 1. The van der Waals surface area contributed by atoms with Gasteiger partial charge in [-0.05, 0) is 38.0 Å². The van der Waals surface area contributed by atoms with E-state index in [0.717, 1.165) is 25.9 Å². The summed E-state index contributed by atoms with van der Waals surface area (Å²) in [5, 5.41) is 10.5. The predicted octanol–water partition coefficient (Wildman–Crippen LogP) is 2.39. The van der Waals surface area contributed by atoms with Gasteiger partial charge in [-0.2, -0.15) is 0 Å². The first-order chi connectivity index (χ1) is 20.2. The SMILES string of the molecule is C=CCCCCOC(=O)[C@H]1[C@H]2C(=O)N([C@@H](CO)CC(C)C)C(C(=O)N(CC=C)CCN3CCOCC3)C23CC(Br)[C@@H]1O3. The highest BCUT2D eigenvalue weighted by Crippen LogP contribution is 2.60. The van der Waals surface area contributed by atoms with Crippen LogP contribution in [0.25, 0.3) is 0 Å². The monoisotopic (exact) mass is 653 g/mol. The maximum atomic E-state index is 14.6. The van der Waals surface area contributed by atoms with Crippen molar-refractivity contribution < 1.29 is 33.7 Å². The number of esters is 1. The average Bonchev–Trinajstić information content (AvgIpc) is 3.57. The van der Waals surface area contributed by atoms with Crippen molar-refractivity contribution in [3.8, 4) is 0 Å². The lowest BCUT2D eigenvalue weighted by molar-refractivity contribution is -0.156. The molecule has 0 radical (unpaired) electrons. The number of ether oxygens (including phenoxy) is 3. The second-order valence-electron chi connectivity index (χ2n) is 12.4. The number of fused-ring (bicyclic) bond motifs is 1. The van der Waals surface area contributed by atoms with Crippen molar-refractivity contribution in [2.45, 2.75) is 74.6 Å². The fourth-order valence-corrected chi connectivity index (χ4v) is 8.14. The van der Waals surface area contributed by atoms with E-state index in [2.05, 4.69) is 34.0 Å². The lowest BCUT2D eigenvalue weighted by atomic mass is 9.70. The lowest BCUT2D eigenvalue weighted by Crippen LogP contribution is -2.59. The number of aliphatic hydroxyl groups excluding tert-OH is 1. The van der Waals surface area contributed by atoms with Crippen LogP contribution >= 0.6 is 15.9 Å². The van der Waals surface area contributed by atoms with Gasteiger partial charge in [0.05, 0.1) is 50.4 Å². The van der Waals surface area contributed by atoms with Crippen LogP contribution in [0.2, 0.25) is 0 Å². The number of allylic oxidation sites excluding steroid dienone is 1. The van der Waals surface area contributed by atoms with Crippen LogP contribution in [0.15, 0.2) is 25.3 Å². The molecular formula is C31H48BrN3O7. The van der Waals surface area contributed by atoms with E-state index in [9.17, 15) is 19.5 Å². The number of alkyl halides is 1. The van der Waals surface area contributed by atoms with Crippen LogP contribution in [0.3, 0.4) is 0 Å². The Hall–Kier alpha value is -1.79. The number of aliphatic hydroxyl groups is 1. The molecule has 1 spiro atoms. The van der Waals surface area contributed by atoms with Crippen molar-refractivity contribution in [2.24, 2.45) is 17.8 Å². The summed E-state index contributed by atoms with van der Waals surface area (Å²) in [6.45, 7) is 16.0. The van der Waals surface area contributed by atoms with E-state index in [1.165, 1.54) is 0 Å². The Labute approximate surface area is 258 Å². The Morgan fingerprint density at radius 3 is 2.62 bits per heavy atom. The third-order valence-corrected chi connectivity index (χ3v) is 9.92. The van der Waals surface area contributed by atoms with Crippen LogP contribution in [0, 0.1) is 17.8 Å². The third kappa shape index (κ3) is 6.65. The zero-order chi connectivity index (χ0) is 30.4. The van der Waals surface area contributed by atoms with Gasteiger partial charge in [-0.1, -0.05) is 41.9 Å². The summed E-state index contributed by atoms with van der Waals surface area (Å²) < 4.78 is 17.8. The normalized spacial score (nSPS) is 31.3. The molecule has 0 aliphatic carbocycles. The first kappa shape index (κ1) is 33.1. The van der Waals surface area contributed by atoms with Crippen molar-refractivity contribution in [2.75, 3.05) is 59.2 Å². The van der Waals surface area contributed by atoms with Gasteiger partial charge in [0, 0.05) is 37.6 Å². The Morgan fingerprint density at radius 2 is 1.98 bits per heavy atom. The van der Waals surface area contributed by atoms with E-state index >= 15 is 0 Å². The fourth-order valence-electron chi connectivity index (χ4n) is 7.20. The molecule has 236 valence electrons. The molecule has 4 rings (SSSR count). The maximum absolute atomic E-state index is 14.6. The summed E-state index contributed by atoms with van der Waals surface area (Å²) in [4.78, 5) is 47.8. The number of carbonyl (C=O) groups is 3. The number of unbranched alkanes of at least 4 members (excludes halogenated alkanes) is 2. The van der Waals surface area contributed by atoms with E-state index in [0.29, 0.717) is 52.1 Å². The van der Waals surface area contributed by atoms with Crippen molar-refractivity contribution in [1.82, 2.24) is 14.7 Å². The molecule has 4 fully saturated rings. The van der Waals surface area contributed by atoms with E-state index in [1.807, 2.05) is 19.9 Å². The quantitative estimate of drug-likeness (QED) is 0.117. The number of rotatable bonds is 16. The largest absolute Gasteiger partial charge is 0.465 e. The van der Waals surface area contributed by atoms with Gasteiger partial charge in [-0.25, -0.2) is 0 Å². The summed E-state index contributed by atoms with van der Waals surface area (Å²) in [6, 6.07) is -1.55. The van der Waals surface area contributed by atoms with Crippen molar-refractivity contribution in [1.29, 1.82) is 0 Å². The molecule has 3 unspecified atom stereocenters. The molecule has 2 amide bonds. The van der Waals surface area contributed by atoms with Crippen LogP contribution in [0.4, 0.5) is 0 Å². The van der Waals surface area contributed by atoms with Crippen molar-refractivity contribution in [3.63, 3.8) is 0 Å². The molecule has 0 aromatic rings. The zero-order valence-electron chi connectivity index (χ0n) is 25.1. The second-order valence-corrected chi connectivity index (χ2v) is 13.5. The van der Waals surface area contributed by atoms with Gasteiger partial charge in [0.1, 0.15) is 11.6 Å². The molecular weight excluding hydrogens is 606 g/mol. The molecule has 4 aliphatic rings. The molecule has 0 aromatic carbocycles. The summed E-state index contributed by atoms with van der Waals surface area (Å²) in [7, 11) is 0. The van der Waals surface area contributed by atoms with Crippen LogP contribution in [0.1, 0.15) is 46.0 Å². The van der Waals surface area contributed by atoms with Crippen molar-refractivity contribution >= 4 is 33.7 Å². The Morgan fingerprint density at radius 1 is 1.24 bits per heavy atom. The van der Waals surface area contributed by atoms with E-state index < -0.39 is 41.6 Å². The molecule has 0 aromatic heterocycles. The smallest absolute Gasteiger partial charge is 0.312 e. The van der Waals surface area contributed by atoms with Crippen LogP contribution in [0.5, 0.6) is 0 Å². The molecule has 4 aliphatic heterocycles. The van der Waals surface area contributed by atoms with Gasteiger partial charge >= 0.3 is 5.97 Å². The minimum Gasteiger partial charge on any atom is -0.465 e. The molecule has 42 heavy (non-hydrogen) atoms. The predicted molar refractivity (Wildman–Crippen MR) is 162 cm³/mol. The topological polar surface area (TPSA) is 109 Å². The van der Waals surface area contributed by atoms with Gasteiger partial charge in [0.2, 0.25) is 11.8 Å². The summed E-state index contributed by atoms with van der Waals surface area (Å²) in [5.41, 5.74) is -1.19. The summed E-state index contributed by atoms with van der Waals surface area (Å²) >= 11 is 3.72. The van der Waals surface area contributed by atoms with Gasteiger partial charge in [0.25, 0.3) is 0 Å². The number of amides is 2. The zero-order valence-corrected chi connectivity index (χ0v) is 26.7. The summed E-state index contributed by atoms with van der Waals surface area (Å²) in [5.74, 6) is -2.51. The second kappa shape index (κ2) is 14.8. The van der Waals surface area contributed by atoms with Crippen LogP contribution in [-0.4, -0.2) is 125 Å². The van der Waals surface area contributed by atoms with Crippen molar-refractivity contribution in [3.05, 3.63) is 25.3 Å². The fraction of sp³-hybridized carbons (Fsp3) is 0.774. The molecule has 2 bridgehead atoms. The third-order valence-electron chi connectivity index (χ3n) is 9.08. The van der Waals surface area contributed by atoms with Crippen LogP contribution in [-0.2, 0) is 28.6 Å². The lowest BCUT2D eigenvalue weighted by Gasteiger charge is -2.40. The van der Waals surface area contributed by atoms with Gasteiger partial charge in [-0.15, -0.1) is 13.2 Å². The number of carbonyl (C=O) groups excluding carboxylic acids is 3. The molecule has 1 N–H and O–H groups in total. The molecule has 10 nitrogen and oxygen atoms in total. The minimum atomic E-state index is -1.19. The minimum absolute atomic E-state index is 0.173. The van der Waals surface area contributed by atoms with Crippen LogP contribution < -0.4 is 0 Å². The van der Waals surface area contributed by atoms with E-state index in [-0.39, 0.29) is 35.8 Å². The van der Waals surface area contributed by atoms with E-state index in [1.54, 1.807) is 15.9 Å². The molecule has 0 saturated carbocycles. The Balaban J connectivity index is 1.65. The molecule has 4 saturated heterocycles. The number of halogens is 1. The van der Waals surface area contributed by atoms with Gasteiger partial charge < -0.3 is 29.1 Å². The Bertz CT molecular complexity index is 990. The van der Waals surface area contributed by atoms with Gasteiger partial charge in [0.15, 0.2) is 0 Å². The molecule has 7 atom stereocenters. The maximum Gasteiger partial charge on any atom is 0.312 e. The highest BCUT2D eigenvalue weighted by Gasteiger charge is 2.77. The first-order valence-corrected chi connectivity index (χ1v) is 16.3. The standard InChI is InChI=1S/C31H48BrN3O7/c1-5-7-8-9-15-41-30(39)24-25-28(37)35(22(20-36)18-21(3)4)27(31(25)19-23(32)26(24)42-31)29(38)34(10-6-2)12-11-33-13-16-40-17-14-33/h5-6,21-27,36H,1-2,7-20H2,3-4H3/t22-,23?,24+,25+,26+,27?,31?/m1/s1. The van der Waals surface area contributed by atoms with E-state index in [4.69, 9.17) is 14.2 Å². The first-order valence-electron chi connectivity index (χ1n) is 15.4. The number of likely N-dealkylation sites (tertiary alicyclic amines) is 1. The molecule has 4 heterocycles. The highest BCUT2D eigenvalue weighted by atomic mass is 79.9. The van der Waals surface area contributed by atoms with Gasteiger partial charge in [-0.3, -0.25) is 19.3 Å². The number of hydrogen-bond acceptors (Lipinski definition) is 8. The number of nitrogens with zero attached hydrogens (tertiary/aromatic N) is 3. The molecule has 11 heteroatoms. The summed E-state index contributed by atoms with van der Waals surface area (Å²) in [6.07, 6.45) is 6.28. The highest BCUT2D eigenvalue weighted by molar-refractivity contribution is 9.09.